The lowest BCUT2D eigenvalue weighted by Gasteiger charge is -2.07. The normalized spacial score (nSPS) is 9.77. The minimum absolute atomic E-state index is 0.111. The summed E-state index contributed by atoms with van der Waals surface area (Å²) in [5, 5.41) is 8.78. The number of hydrogen-bond acceptors (Lipinski definition) is 4. The van der Waals surface area contributed by atoms with Crippen LogP contribution >= 0.6 is 0 Å². The topological polar surface area (TPSA) is 71.5 Å². The molecular weight excluding hydrogens is 174 g/mol. The molecule has 0 fully saturated rings. The number of aliphatic hydroxyl groups is 1. The van der Waals surface area contributed by atoms with Gasteiger partial charge in [-0.1, -0.05) is 0 Å². The predicted octanol–water partition coefficient (Wildman–Crippen LogP) is -0.116. The summed E-state index contributed by atoms with van der Waals surface area (Å²) >= 11 is 0. The van der Waals surface area contributed by atoms with E-state index in [-0.39, 0.29) is 23.7 Å². The molecule has 13 heavy (non-hydrogen) atoms. The number of H-pyrrole nitrogens is 1. The zero-order valence-electron chi connectivity index (χ0n) is 7.46. The van der Waals surface area contributed by atoms with Crippen LogP contribution in [0.5, 0.6) is 11.6 Å². The summed E-state index contributed by atoms with van der Waals surface area (Å²) in [5.41, 5.74) is 0.0739. The molecule has 0 saturated carbocycles. The fraction of sp³-hybridized carbons (Fsp3) is 0.375. The number of rotatable bonds is 3. The molecule has 0 radical (unpaired) electrons. The van der Waals surface area contributed by atoms with E-state index in [9.17, 15) is 4.79 Å². The quantitative estimate of drug-likeness (QED) is 0.689. The number of pyridine rings is 1. The molecule has 0 amide bonds. The summed E-state index contributed by atoms with van der Waals surface area (Å²) in [6.45, 7) is -0.240. The summed E-state index contributed by atoms with van der Waals surface area (Å²) in [7, 11) is 2.79. The molecule has 0 spiro atoms. The molecular formula is C8H11NO4. The molecule has 5 heteroatoms. The fourth-order valence-corrected chi connectivity index (χ4v) is 0.997. The Morgan fingerprint density at radius 1 is 1.46 bits per heavy atom. The van der Waals surface area contributed by atoms with E-state index in [0.29, 0.717) is 5.69 Å². The lowest BCUT2D eigenvalue weighted by molar-refractivity contribution is 0.272. The fourth-order valence-electron chi connectivity index (χ4n) is 0.997. The van der Waals surface area contributed by atoms with E-state index in [1.165, 1.54) is 20.3 Å². The average molecular weight is 185 g/mol. The number of aliphatic hydroxyl groups excluding tert-OH is 1. The van der Waals surface area contributed by atoms with E-state index in [1.54, 1.807) is 0 Å². The van der Waals surface area contributed by atoms with Crippen LogP contribution in [0, 0.1) is 0 Å². The van der Waals surface area contributed by atoms with Crippen molar-refractivity contribution >= 4 is 0 Å². The minimum atomic E-state index is -0.317. The number of hydrogen-bond donors (Lipinski definition) is 2. The monoisotopic (exact) mass is 185 g/mol. The Bertz CT molecular complexity index is 344. The Hall–Kier alpha value is -1.49. The van der Waals surface area contributed by atoms with E-state index in [0.717, 1.165) is 0 Å². The van der Waals surface area contributed by atoms with Gasteiger partial charge >= 0.3 is 0 Å². The van der Waals surface area contributed by atoms with E-state index in [4.69, 9.17) is 14.6 Å². The first-order chi connectivity index (χ1) is 6.22. The van der Waals surface area contributed by atoms with Crippen molar-refractivity contribution in [1.29, 1.82) is 0 Å². The van der Waals surface area contributed by atoms with Gasteiger partial charge in [-0.3, -0.25) is 4.79 Å². The summed E-state index contributed by atoms with van der Waals surface area (Å²) < 4.78 is 9.68. The summed E-state index contributed by atoms with van der Waals surface area (Å²) in [4.78, 5) is 14.0. The van der Waals surface area contributed by atoms with E-state index in [1.807, 2.05) is 0 Å². The number of ether oxygens (including phenoxy) is 2. The molecule has 1 rings (SSSR count). The third-order valence-corrected chi connectivity index (χ3v) is 1.59. The lowest BCUT2D eigenvalue weighted by atomic mass is 10.3. The third kappa shape index (κ3) is 1.81. The molecule has 0 aliphatic heterocycles. The number of aromatic nitrogens is 1. The molecule has 0 aliphatic carbocycles. The van der Waals surface area contributed by atoms with E-state index >= 15 is 0 Å². The van der Waals surface area contributed by atoms with Crippen molar-refractivity contribution in [1.82, 2.24) is 4.98 Å². The maximum atomic E-state index is 11.3. The van der Waals surface area contributed by atoms with Gasteiger partial charge < -0.3 is 19.6 Å². The second-order valence-corrected chi connectivity index (χ2v) is 2.38. The number of nitrogens with one attached hydrogen (secondary N) is 1. The Balaban J connectivity index is 3.29. The Morgan fingerprint density at radius 2 is 2.15 bits per heavy atom. The van der Waals surface area contributed by atoms with Crippen LogP contribution in [-0.2, 0) is 6.61 Å². The highest BCUT2D eigenvalue weighted by molar-refractivity contribution is 5.34. The van der Waals surface area contributed by atoms with Crippen LogP contribution in [0.25, 0.3) is 0 Å². The van der Waals surface area contributed by atoms with Crippen molar-refractivity contribution in [3.63, 3.8) is 0 Å². The van der Waals surface area contributed by atoms with Crippen LogP contribution in [0.3, 0.4) is 0 Å². The minimum Gasteiger partial charge on any atom is -0.488 e. The predicted molar refractivity (Wildman–Crippen MR) is 46.1 cm³/mol. The molecule has 5 nitrogen and oxygen atoms in total. The molecule has 72 valence electrons. The van der Waals surface area contributed by atoms with Gasteiger partial charge in [0, 0.05) is 11.8 Å². The van der Waals surface area contributed by atoms with Crippen molar-refractivity contribution in [3.8, 4) is 11.6 Å². The smallest absolute Gasteiger partial charge is 0.238 e. The summed E-state index contributed by atoms with van der Waals surface area (Å²) in [6.07, 6.45) is 0. The van der Waals surface area contributed by atoms with Crippen molar-refractivity contribution in [3.05, 3.63) is 22.0 Å². The van der Waals surface area contributed by atoms with Crippen molar-refractivity contribution in [2.45, 2.75) is 6.61 Å². The first kappa shape index (κ1) is 9.60. The van der Waals surface area contributed by atoms with Gasteiger partial charge in [0.25, 0.3) is 0 Å². The SMILES string of the molecule is COc1[nH]c(CO)cc(=O)c1OC. The Labute approximate surface area is 74.9 Å². The molecule has 1 aromatic heterocycles. The lowest BCUT2D eigenvalue weighted by Crippen LogP contribution is -2.10. The Morgan fingerprint density at radius 3 is 2.62 bits per heavy atom. The van der Waals surface area contributed by atoms with Crippen molar-refractivity contribution in [2.75, 3.05) is 14.2 Å². The van der Waals surface area contributed by atoms with Crippen LogP contribution in [0.2, 0.25) is 0 Å². The maximum Gasteiger partial charge on any atom is 0.238 e. The van der Waals surface area contributed by atoms with E-state index < -0.39 is 0 Å². The van der Waals surface area contributed by atoms with Crippen LogP contribution in [0.4, 0.5) is 0 Å². The third-order valence-electron chi connectivity index (χ3n) is 1.59. The van der Waals surface area contributed by atoms with Gasteiger partial charge in [0.1, 0.15) is 0 Å². The molecule has 1 heterocycles. The van der Waals surface area contributed by atoms with Gasteiger partial charge in [0.15, 0.2) is 0 Å². The molecule has 0 saturated heterocycles. The van der Waals surface area contributed by atoms with Gasteiger partial charge in [-0.25, -0.2) is 0 Å². The molecule has 0 bridgehead atoms. The highest BCUT2D eigenvalue weighted by Crippen LogP contribution is 2.18. The molecule has 0 aliphatic rings. The van der Waals surface area contributed by atoms with Gasteiger partial charge in [0.2, 0.25) is 17.1 Å². The van der Waals surface area contributed by atoms with E-state index in [2.05, 4.69) is 4.98 Å². The Kier molecular flexibility index (Phi) is 2.92. The van der Waals surface area contributed by atoms with Gasteiger partial charge in [-0.15, -0.1) is 0 Å². The highest BCUT2D eigenvalue weighted by Gasteiger charge is 2.09. The highest BCUT2D eigenvalue weighted by atomic mass is 16.5. The molecule has 0 atom stereocenters. The standard InChI is InChI=1S/C8H11NO4/c1-12-7-6(11)3-5(4-10)9-8(7)13-2/h3,10H,4H2,1-2H3,(H,9,11). The second kappa shape index (κ2) is 3.95. The summed E-state index contributed by atoms with van der Waals surface area (Å²) in [6, 6.07) is 1.27. The molecule has 0 aromatic carbocycles. The zero-order valence-corrected chi connectivity index (χ0v) is 7.46. The number of aromatic amines is 1. The second-order valence-electron chi connectivity index (χ2n) is 2.38. The first-order valence-electron chi connectivity index (χ1n) is 3.68. The van der Waals surface area contributed by atoms with Gasteiger partial charge in [-0.2, -0.15) is 0 Å². The van der Waals surface area contributed by atoms with Crippen LogP contribution in [0.15, 0.2) is 10.9 Å². The zero-order chi connectivity index (χ0) is 9.84. The summed E-state index contributed by atoms with van der Waals surface area (Å²) in [5.74, 6) is 0.332. The average Bonchev–Trinajstić information content (AvgIpc) is 2.16. The van der Waals surface area contributed by atoms with Crippen molar-refractivity contribution < 1.29 is 14.6 Å². The first-order valence-corrected chi connectivity index (χ1v) is 3.68. The van der Waals surface area contributed by atoms with Crippen molar-refractivity contribution in [2.24, 2.45) is 0 Å². The molecule has 2 N–H and O–H groups in total. The molecule has 0 unspecified atom stereocenters. The van der Waals surface area contributed by atoms with Gasteiger partial charge in [-0.05, 0) is 0 Å². The van der Waals surface area contributed by atoms with Crippen LogP contribution in [0.1, 0.15) is 5.69 Å². The maximum absolute atomic E-state index is 11.3. The number of methoxy groups -OCH3 is 2. The van der Waals surface area contributed by atoms with Crippen LogP contribution < -0.4 is 14.9 Å². The van der Waals surface area contributed by atoms with Crippen LogP contribution in [-0.4, -0.2) is 24.3 Å². The largest absolute Gasteiger partial charge is 0.488 e. The van der Waals surface area contributed by atoms with Gasteiger partial charge in [0.05, 0.1) is 20.8 Å². The molecule has 1 aromatic rings.